The lowest BCUT2D eigenvalue weighted by Crippen LogP contribution is -2.32. The first kappa shape index (κ1) is 22.9. The first-order valence-corrected chi connectivity index (χ1v) is 9.33. The molecule has 0 unspecified atom stereocenters. The predicted molar refractivity (Wildman–Crippen MR) is 103 cm³/mol. The van der Waals surface area contributed by atoms with Crippen molar-refractivity contribution in [3.05, 3.63) is 53.2 Å². The molecule has 29 heavy (non-hydrogen) atoms. The summed E-state index contributed by atoms with van der Waals surface area (Å²) < 4.78 is 44.2. The molecular formula is C20H27F3N4O2. The van der Waals surface area contributed by atoms with E-state index in [0.717, 1.165) is 12.1 Å². The first-order valence-electron chi connectivity index (χ1n) is 9.33. The molecule has 0 aliphatic rings. The SMILES string of the molecule is CC(C)N(Cc1cccc(C(F)(F)F)c1)Cc1nc(C(=O)NCCN(C)C)co1. The summed E-state index contributed by atoms with van der Waals surface area (Å²) >= 11 is 0. The molecular weight excluding hydrogens is 385 g/mol. The Morgan fingerprint density at radius 2 is 1.97 bits per heavy atom. The number of oxazole rings is 1. The third kappa shape index (κ3) is 7.17. The molecule has 1 aromatic carbocycles. The number of alkyl halides is 3. The zero-order valence-corrected chi connectivity index (χ0v) is 17.1. The van der Waals surface area contributed by atoms with E-state index in [-0.39, 0.29) is 24.2 Å². The lowest BCUT2D eigenvalue weighted by Gasteiger charge is -2.25. The Morgan fingerprint density at radius 3 is 2.59 bits per heavy atom. The maximum absolute atomic E-state index is 12.9. The molecule has 9 heteroatoms. The van der Waals surface area contributed by atoms with Gasteiger partial charge in [-0.1, -0.05) is 18.2 Å². The van der Waals surface area contributed by atoms with Crippen LogP contribution >= 0.6 is 0 Å². The van der Waals surface area contributed by atoms with Gasteiger partial charge in [-0.2, -0.15) is 13.2 Å². The van der Waals surface area contributed by atoms with E-state index < -0.39 is 11.7 Å². The molecule has 0 saturated carbocycles. The molecule has 1 heterocycles. The highest BCUT2D eigenvalue weighted by Crippen LogP contribution is 2.30. The average Bonchev–Trinajstić information content (AvgIpc) is 3.09. The zero-order chi connectivity index (χ0) is 21.6. The quantitative estimate of drug-likeness (QED) is 0.684. The summed E-state index contributed by atoms with van der Waals surface area (Å²) in [6.45, 7) is 5.64. The number of carbonyl (C=O) groups is 1. The summed E-state index contributed by atoms with van der Waals surface area (Å²) in [7, 11) is 3.82. The molecule has 0 aliphatic carbocycles. The summed E-state index contributed by atoms with van der Waals surface area (Å²) in [4.78, 5) is 20.2. The molecule has 2 aromatic rings. The van der Waals surface area contributed by atoms with Crippen molar-refractivity contribution in [2.24, 2.45) is 0 Å². The molecule has 160 valence electrons. The topological polar surface area (TPSA) is 61.6 Å². The van der Waals surface area contributed by atoms with Crippen molar-refractivity contribution >= 4 is 5.91 Å². The van der Waals surface area contributed by atoms with Gasteiger partial charge < -0.3 is 14.6 Å². The largest absolute Gasteiger partial charge is 0.447 e. The zero-order valence-electron chi connectivity index (χ0n) is 17.1. The van der Waals surface area contributed by atoms with E-state index in [1.165, 1.54) is 12.3 Å². The smallest absolute Gasteiger partial charge is 0.416 e. The van der Waals surface area contributed by atoms with Crippen molar-refractivity contribution in [1.82, 2.24) is 20.1 Å². The van der Waals surface area contributed by atoms with Gasteiger partial charge in [0.05, 0.1) is 12.1 Å². The lowest BCUT2D eigenvalue weighted by atomic mass is 10.1. The van der Waals surface area contributed by atoms with Gasteiger partial charge in [0.2, 0.25) is 5.89 Å². The maximum Gasteiger partial charge on any atom is 0.416 e. The Labute approximate surface area is 168 Å². The van der Waals surface area contributed by atoms with Gasteiger partial charge in [0, 0.05) is 25.7 Å². The highest BCUT2D eigenvalue weighted by Gasteiger charge is 2.30. The minimum Gasteiger partial charge on any atom is -0.447 e. The highest BCUT2D eigenvalue weighted by molar-refractivity contribution is 5.91. The van der Waals surface area contributed by atoms with E-state index in [4.69, 9.17) is 4.42 Å². The third-order valence-electron chi connectivity index (χ3n) is 4.34. The number of hydrogen-bond donors (Lipinski definition) is 1. The number of likely N-dealkylation sites (N-methyl/N-ethyl adjacent to an activating group) is 1. The van der Waals surface area contributed by atoms with Crippen molar-refractivity contribution in [2.75, 3.05) is 27.2 Å². The second-order valence-corrected chi connectivity index (χ2v) is 7.38. The van der Waals surface area contributed by atoms with E-state index in [1.54, 1.807) is 6.07 Å². The number of benzene rings is 1. The Hall–Kier alpha value is -2.39. The van der Waals surface area contributed by atoms with Crippen molar-refractivity contribution in [1.29, 1.82) is 0 Å². The van der Waals surface area contributed by atoms with Gasteiger partial charge in [-0.05, 0) is 39.6 Å². The van der Waals surface area contributed by atoms with Crippen molar-refractivity contribution in [3.8, 4) is 0 Å². The molecule has 0 spiro atoms. The molecule has 0 fully saturated rings. The highest BCUT2D eigenvalue weighted by atomic mass is 19.4. The fourth-order valence-corrected chi connectivity index (χ4v) is 2.65. The number of amides is 1. The second-order valence-electron chi connectivity index (χ2n) is 7.38. The number of rotatable bonds is 9. The van der Waals surface area contributed by atoms with Gasteiger partial charge in [0.25, 0.3) is 5.91 Å². The molecule has 6 nitrogen and oxygen atoms in total. The van der Waals surface area contributed by atoms with E-state index in [1.807, 2.05) is 37.7 Å². The predicted octanol–water partition coefficient (Wildman–Crippen LogP) is 3.40. The summed E-state index contributed by atoms with van der Waals surface area (Å²) in [5.74, 6) is 0.0132. The van der Waals surface area contributed by atoms with E-state index in [2.05, 4.69) is 10.3 Å². The van der Waals surface area contributed by atoms with Crippen molar-refractivity contribution < 1.29 is 22.4 Å². The first-order chi connectivity index (χ1) is 13.6. The van der Waals surface area contributed by atoms with Crippen LogP contribution < -0.4 is 5.32 Å². The van der Waals surface area contributed by atoms with Gasteiger partial charge in [0.15, 0.2) is 5.69 Å². The molecule has 0 aliphatic heterocycles. The number of nitrogens with one attached hydrogen (secondary N) is 1. The van der Waals surface area contributed by atoms with Gasteiger partial charge in [-0.15, -0.1) is 0 Å². The van der Waals surface area contributed by atoms with E-state index in [0.29, 0.717) is 31.1 Å². The summed E-state index contributed by atoms with van der Waals surface area (Å²) in [6.07, 6.45) is -3.08. The van der Waals surface area contributed by atoms with Crippen LogP contribution in [0.5, 0.6) is 0 Å². The van der Waals surface area contributed by atoms with Crippen LogP contribution in [-0.4, -0.2) is 53.9 Å². The summed E-state index contributed by atoms with van der Waals surface area (Å²) in [5, 5.41) is 2.76. The molecule has 0 bridgehead atoms. The lowest BCUT2D eigenvalue weighted by molar-refractivity contribution is -0.137. The Bertz CT molecular complexity index is 803. The van der Waals surface area contributed by atoms with Crippen LogP contribution in [-0.2, 0) is 19.3 Å². The molecule has 1 amide bonds. The maximum atomic E-state index is 12.9. The summed E-state index contributed by atoms with van der Waals surface area (Å²) in [6, 6.07) is 5.29. The van der Waals surface area contributed by atoms with Crippen LogP contribution in [0, 0.1) is 0 Å². The summed E-state index contributed by atoms with van der Waals surface area (Å²) in [5.41, 5.74) is 0.0507. The number of carbonyl (C=O) groups excluding carboxylic acids is 1. The molecule has 1 N–H and O–H groups in total. The molecule has 0 saturated heterocycles. The normalized spacial score (nSPS) is 12.2. The van der Waals surface area contributed by atoms with Crippen LogP contribution in [0.1, 0.15) is 41.4 Å². The molecule has 1 aromatic heterocycles. The number of aromatic nitrogens is 1. The molecule has 0 atom stereocenters. The fourth-order valence-electron chi connectivity index (χ4n) is 2.65. The van der Waals surface area contributed by atoms with Gasteiger partial charge in [-0.25, -0.2) is 4.98 Å². The number of nitrogens with zero attached hydrogens (tertiary/aromatic N) is 3. The van der Waals surface area contributed by atoms with Crippen LogP contribution in [0.3, 0.4) is 0 Å². The monoisotopic (exact) mass is 412 g/mol. The van der Waals surface area contributed by atoms with Gasteiger partial charge >= 0.3 is 6.18 Å². The average molecular weight is 412 g/mol. The van der Waals surface area contributed by atoms with Gasteiger partial charge in [0.1, 0.15) is 6.26 Å². The van der Waals surface area contributed by atoms with Crippen molar-refractivity contribution in [2.45, 2.75) is 39.2 Å². The second kappa shape index (κ2) is 9.89. The molecule has 2 rings (SSSR count). The van der Waals surface area contributed by atoms with Crippen LogP contribution in [0.25, 0.3) is 0 Å². The van der Waals surface area contributed by atoms with Gasteiger partial charge in [-0.3, -0.25) is 9.69 Å². The number of halogens is 3. The van der Waals surface area contributed by atoms with Crippen molar-refractivity contribution in [3.63, 3.8) is 0 Å². The minimum atomic E-state index is -4.38. The Balaban J connectivity index is 2.03. The number of hydrogen-bond acceptors (Lipinski definition) is 5. The van der Waals surface area contributed by atoms with Crippen LogP contribution in [0.4, 0.5) is 13.2 Å². The standard InChI is InChI=1S/C20H27F3N4O2/c1-14(2)27(11-15-6-5-7-16(10-15)20(21,22)23)12-18-25-17(13-29-18)19(28)24-8-9-26(3)4/h5-7,10,13-14H,8-9,11-12H2,1-4H3,(H,24,28). The van der Waals surface area contributed by atoms with E-state index >= 15 is 0 Å². The van der Waals surface area contributed by atoms with E-state index in [9.17, 15) is 18.0 Å². The van der Waals surface area contributed by atoms with Crippen LogP contribution in [0.15, 0.2) is 34.9 Å². The third-order valence-corrected chi connectivity index (χ3v) is 4.34. The van der Waals surface area contributed by atoms with Crippen LogP contribution in [0.2, 0.25) is 0 Å². The Kier molecular flexibility index (Phi) is 7.80. The fraction of sp³-hybridized carbons (Fsp3) is 0.500. The Morgan fingerprint density at radius 1 is 1.24 bits per heavy atom. The molecule has 0 radical (unpaired) electrons. The minimum absolute atomic E-state index is 0.0359.